The van der Waals surface area contributed by atoms with Crippen LogP contribution in [0.15, 0.2) is 41.7 Å². The van der Waals surface area contributed by atoms with Gasteiger partial charge in [0, 0.05) is 49.0 Å². The summed E-state index contributed by atoms with van der Waals surface area (Å²) < 4.78 is 1.85. The van der Waals surface area contributed by atoms with Crippen molar-refractivity contribution in [3.8, 4) is 0 Å². The number of carbonyl (C=O) groups excluding carboxylic acids is 2. The first kappa shape index (κ1) is 18.6. The summed E-state index contributed by atoms with van der Waals surface area (Å²) in [5.41, 5.74) is 2.50. The molecule has 0 unspecified atom stereocenters. The maximum absolute atomic E-state index is 13.0. The molecule has 1 fully saturated rings. The van der Waals surface area contributed by atoms with E-state index in [1.807, 2.05) is 23.7 Å². The minimum absolute atomic E-state index is 0.0914. The Hall–Kier alpha value is -3.42. The molecule has 2 aliphatic rings. The lowest BCUT2D eigenvalue weighted by Gasteiger charge is -2.30. The Bertz CT molecular complexity index is 1220. The molecule has 1 aliphatic carbocycles. The number of pyridine rings is 2. The molecule has 0 radical (unpaired) electrons. The van der Waals surface area contributed by atoms with E-state index >= 15 is 0 Å². The van der Waals surface area contributed by atoms with E-state index in [1.54, 1.807) is 29.4 Å². The highest BCUT2D eigenvalue weighted by molar-refractivity contribution is 5.97. The van der Waals surface area contributed by atoms with Crippen LogP contribution in [0.5, 0.6) is 0 Å². The van der Waals surface area contributed by atoms with Gasteiger partial charge in [0.05, 0.1) is 0 Å². The highest BCUT2D eigenvalue weighted by Gasteiger charge is 2.43. The van der Waals surface area contributed by atoms with Crippen molar-refractivity contribution in [1.29, 1.82) is 0 Å². The van der Waals surface area contributed by atoms with Crippen LogP contribution in [0.25, 0.3) is 5.65 Å². The lowest BCUT2D eigenvalue weighted by molar-refractivity contribution is 0.0734. The Labute approximate surface area is 172 Å². The number of imidazole rings is 1. The highest BCUT2D eigenvalue weighted by atomic mass is 16.2. The number of aromatic nitrogens is 3. The molecule has 1 saturated carbocycles. The molecule has 30 heavy (non-hydrogen) atoms. The number of hydrogen-bond donors (Lipinski definition) is 2. The fourth-order valence-corrected chi connectivity index (χ4v) is 4.23. The third-order valence-corrected chi connectivity index (χ3v) is 6.36. The second-order valence-corrected chi connectivity index (χ2v) is 8.17. The van der Waals surface area contributed by atoms with Crippen molar-refractivity contribution in [3.63, 3.8) is 0 Å². The van der Waals surface area contributed by atoms with Crippen LogP contribution in [0.1, 0.15) is 58.0 Å². The van der Waals surface area contributed by atoms with Crippen LogP contribution in [0.4, 0.5) is 0 Å². The van der Waals surface area contributed by atoms with Gasteiger partial charge in [0.15, 0.2) is 0 Å². The van der Waals surface area contributed by atoms with E-state index in [4.69, 9.17) is 0 Å². The Morgan fingerprint density at radius 1 is 1.30 bits per heavy atom. The number of H-pyrrole nitrogens is 1. The van der Waals surface area contributed by atoms with Crippen LogP contribution in [0.2, 0.25) is 0 Å². The first-order chi connectivity index (χ1) is 14.5. The molecule has 2 amide bonds. The molecule has 4 heterocycles. The van der Waals surface area contributed by atoms with Gasteiger partial charge >= 0.3 is 0 Å². The number of hydrogen-bond acceptors (Lipinski definition) is 4. The van der Waals surface area contributed by atoms with Crippen molar-refractivity contribution < 1.29 is 9.59 Å². The normalized spacial score (nSPS) is 16.9. The van der Waals surface area contributed by atoms with Crippen molar-refractivity contribution in [2.75, 3.05) is 6.54 Å². The summed E-state index contributed by atoms with van der Waals surface area (Å²) in [6.45, 7) is 2.85. The third kappa shape index (κ3) is 3.08. The predicted octanol–water partition coefficient (Wildman–Crippen LogP) is 1.89. The van der Waals surface area contributed by atoms with Crippen LogP contribution in [0, 0.1) is 0 Å². The fraction of sp³-hybridized carbons (Fsp3) is 0.364. The maximum Gasteiger partial charge on any atom is 0.261 e. The molecular weight excluding hydrogens is 382 g/mol. The molecule has 8 heteroatoms. The van der Waals surface area contributed by atoms with E-state index in [1.165, 1.54) is 0 Å². The van der Waals surface area contributed by atoms with Gasteiger partial charge in [0.2, 0.25) is 0 Å². The number of rotatable bonds is 4. The monoisotopic (exact) mass is 405 g/mol. The summed E-state index contributed by atoms with van der Waals surface area (Å²) in [7, 11) is 0. The van der Waals surface area contributed by atoms with E-state index in [0.717, 1.165) is 30.4 Å². The molecule has 5 rings (SSSR count). The summed E-state index contributed by atoms with van der Waals surface area (Å²) in [6, 6.07) is 3.54. The zero-order valence-electron chi connectivity index (χ0n) is 16.8. The SMILES string of the molecule is CCC1(NC(=O)c2c3c(c[nH]c2=O)CN(C(=O)c2ccn4ccnc4c2)CC3)CC1. The van der Waals surface area contributed by atoms with Gasteiger partial charge in [-0.05, 0) is 48.9 Å². The van der Waals surface area contributed by atoms with Crippen molar-refractivity contribution in [2.24, 2.45) is 0 Å². The smallest absolute Gasteiger partial charge is 0.261 e. The maximum atomic E-state index is 13.0. The van der Waals surface area contributed by atoms with Crippen LogP contribution in [0.3, 0.4) is 0 Å². The summed E-state index contributed by atoms with van der Waals surface area (Å²) in [4.78, 5) is 47.0. The largest absolute Gasteiger partial charge is 0.346 e. The Morgan fingerprint density at radius 2 is 2.13 bits per heavy atom. The number of carbonyl (C=O) groups is 2. The molecule has 154 valence electrons. The number of amides is 2. The van der Waals surface area contributed by atoms with Crippen molar-refractivity contribution >= 4 is 17.5 Å². The van der Waals surface area contributed by atoms with Crippen molar-refractivity contribution in [3.05, 3.63) is 69.5 Å². The number of fused-ring (bicyclic) bond motifs is 2. The second kappa shape index (κ2) is 6.83. The van der Waals surface area contributed by atoms with E-state index in [2.05, 4.69) is 15.3 Å². The second-order valence-electron chi connectivity index (χ2n) is 8.17. The lowest BCUT2D eigenvalue weighted by Crippen LogP contribution is -2.42. The first-order valence-electron chi connectivity index (χ1n) is 10.3. The summed E-state index contributed by atoms with van der Waals surface area (Å²) in [5, 5.41) is 3.05. The van der Waals surface area contributed by atoms with Crippen LogP contribution in [-0.2, 0) is 13.0 Å². The quantitative estimate of drug-likeness (QED) is 0.692. The van der Waals surface area contributed by atoms with Crippen LogP contribution < -0.4 is 10.9 Å². The van der Waals surface area contributed by atoms with Crippen LogP contribution >= 0.6 is 0 Å². The Morgan fingerprint density at radius 3 is 2.90 bits per heavy atom. The number of aromatic amines is 1. The fourth-order valence-electron chi connectivity index (χ4n) is 4.23. The van der Waals surface area contributed by atoms with Gasteiger partial charge < -0.3 is 19.6 Å². The molecular formula is C22H23N5O3. The minimum atomic E-state index is -0.373. The first-order valence-corrected chi connectivity index (χ1v) is 10.3. The molecule has 0 bridgehead atoms. The van der Waals surface area contributed by atoms with Gasteiger partial charge in [-0.15, -0.1) is 0 Å². The molecule has 0 atom stereocenters. The number of nitrogens with zero attached hydrogens (tertiary/aromatic N) is 3. The lowest BCUT2D eigenvalue weighted by atomic mass is 9.95. The van der Waals surface area contributed by atoms with E-state index < -0.39 is 0 Å². The summed E-state index contributed by atoms with van der Waals surface area (Å²) in [5.74, 6) is -0.400. The topological polar surface area (TPSA) is 99.6 Å². The average Bonchev–Trinajstić information content (AvgIpc) is 3.37. The molecule has 1 aliphatic heterocycles. The van der Waals surface area contributed by atoms with E-state index in [0.29, 0.717) is 30.7 Å². The molecule has 8 nitrogen and oxygen atoms in total. The standard InChI is InChI=1S/C22H23N5O3/c1-2-22(5-6-22)25-20(29)18-16-4-9-27(13-15(16)12-24-19(18)28)21(30)14-3-8-26-10-7-23-17(26)11-14/h3,7-8,10-12H,2,4-6,9,13H2,1H3,(H,24,28)(H,25,29). The van der Waals surface area contributed by atoms with Gasteiger partial charge in [0.25, 0.3) is 17.4 Å². The van der Waals surface area contributed by atoms with E-state index in [-0.39, 0.29) is 28.5 Å². The molecule has 2 N–H and O–H groups in total. The molecule has 0 saturated heterocycles. The van der Waals surface area contributed by atoms with Gasteiger partial charge in [-0.2, -0.15) is 0 Å². The third-order valence-electron chi connectivity index (χ3n) is 6.36. The van der Waals surface area contributed by atoms with Gasteiger partial charge in [-0.25, -0.2) is 4.98 Å². The Balaban J connectivity index is 1.41. The van der Waals surface area contributed by atoms with Gasteiger partial charge in [0.1, 0.15) is 11.2 Å². The summed E-state index contributed by atoms with van der Waals surface area (Å²) >= 11 is 0. The minimum Gasteiger partial charge on any atom is -0.346 e. The van der Waals surface area contributed by atoms with Crippen molar-refractivity contribution in [2.45, 2.75) is 44.7 Å². The van der Waals surface area contributed by atoms with Crippen LogP contribution in [-0.4, -0.2) is 43.2 Å². The van der Waals surface area contributed by atoms with Gasteiger partial charge in [-0.3, -0.25) is 14.4 Å². The van der Waals surface area contributed by atoms with Crippen molar-refractivity contribution in [1.82, 2.24) is 24.6 Å². The summed E-state index contributed by atoms with van der Waals surface area (Å²) in [6.07, 6.45) is 10.2. The predicted molar refractivity (Wildman–Crippen MR) is 110 cm³/mol. The molecule has 3 aromatic heterocycles. The zero-order chi connectivity index (χ0) is 20.9. The highest BCUT2D eigenvalue weighted by Crippen LogP contribution is 2.38. The molecule has 0 spiro atoms. The Kier molecular flexibility index (Phi) is 4.23. The van der Waals surface area contributed by atoms with Gasteiger partial charge in [-0.1, -0.05) is 6.92 Å². The van der Waals surface area contributed by atoms with E-state index in [9.17, 15) is 14.4 Å². The molecule has 3 aromatic rings. The molecule has 0 aromatic carbocycles. The number of nitrogens with one attached hydrogen (secondary N) is 2. The zero-order valence-corrected chi connectivity index (χ0v) is 16.8. The average molecular weight is 405 g/mol.